The fourth-order valence-corrected chi connectivity index (χ4v) is 1.85. The monoisotopic (exact) mass is 232 g/mol. The molecule has 0 radical (unpaired) electrons. The quantitative estimate of drug-likeness (QED) is 0.769. The summed E-state index contributed by atoms with van der Waals surface area (Å²) in [6.07, 6.45) is -3.41. The summed E-state index contributed by atoms with van der Waals surface area (Å²) >= 11 is 0. The Labute approximate surface area is 90.1 Å². The van der Waals surface area contributed by atoms with Gasteiger partial charge in [-0.25, -0.2) is 0 Å². The highest BCUT2D eigenvalue weighted by atomic mass is 19.4. The molecular formula is C10H11F3N2O. The highest BCUT2D eigenvalue weighted by Gasteiger charge is 2.43. The number of halogens is 3. The van der Waals surface area contributed by atoms with E-state index in [2.05, 4.69) is 4.98 Å². The minimum Gasteiger partial charge on any atom is -0.393 e. The number of aromatic nitrogens is 1. The van der Waals surface area contributed by atoms with E-state index >= 15 is 0 Å². The van der Waals surface area contributed by atoms with Crippen LogP contribution in [0.15, 0.2) is 18.3 Å². The van der Waals surface area contributed by atoms with Crippen LogP contribution in [0.5, 0.6) is 0 Å². The lowest BCUT2D eigenvalue weighted by atomic mass is 9.73. The molecule has 0 amide bonds. The predicted molar refractivity (Wildman–Crippen MR) is 50.3 cm³/mol. The molecule has 3 N–H and O–H groups in total. The summed E-state index contributed by atoms with van der Waals surface area (Å²) in [7, 11) is 0. The highest BCUT2D eigenvalue weighted by Crippen LogP contribution is 2.38. The maximum absolute atomic E-state index is 12.3. The summed E-state index contributed by atoms with van der Waals surface area (Å²) in [4.78, 5) is 3.72. The molecule has 6 heteroatoms. The molecule has 3 nitrogen and oxygen atoms in total. The van der Waals surface area contributed by atoms with E-state index < -0.39 is 23.4 Å². The van der Waals surface area contributed by atoms with E-state index in [0.717, 1.165) is 12.3 Å². The van der Waals surface area contributed by atoms with Gasteiger partial charge in [-0.05, 0) is 25.0 Å². The fourth-order valence-electron chi connectivity index (χ4n) is 1.85. The van der Waals surface area contributed by atoms with Gasteiger partial charge in [-0.3, -0.25) is 4.98 Å². The van der Waals surface area contributed by atoms with E-state index in [0.29, 0.717) is 18.5 Å². The Morgan fingerprint density at radius 3 is 2.38 bits per heavy atom. The van der Waals surface area contributed by atoms with E-state index in [1.165, 1.54) is 6.07 Å². The third-order valence-electron chi connectivity index (χ3n) is 2.80. The Hall–Kier alpha value is -1.14. The molecule has 0 aromatic carbocycles. The first-order valence-corrected chi connectivity index (χ1v) is 4.82. The summed E-state index contributed by atoms with van der Waals surface area (Å²) in [5.74, 6) is 0. The van der Waals surface area contributed by atoms with Crippen LogP contribution in [-0.2, 0) is 11.7 Å². The van der Waals surface area contributed by atoms with Gasteiger partial charge in [-0.2, -0.15) is 13.2 Å². The summed E-state index contributed by atoms with van der Waals surface area (Å²) in [6.45, 7) is 0. The van der Waals surface area contributed by atoms with Crippen molar-refractivity contribution in [2.75, 3.05) is 0 Å². The van der Waals surface area contributed by atoms with Crippen molar-refractivity contribution >= 4 is 0 Å². The van der Waals surface area contributed by atoms with Gasteiger partial charge >= 0.3 is 6.18 Å². The van der Waals surface area contributed by atoms with Crippen LogP contribution in [0.4, 0.5) is 13.2 Å². The summed E-state index contributed by atoms with van der Waals surface area (Å²) < 4.78 is 36.8. The number of aliphatic hydroxyl groups excluding tert-OH is 1. The topological polar surface area (TPSA) is 59.1 Å². The Morgan fingerprint density at radius 2 is 2.00 bits per heavy atom. The van der Waals surface area contributed by atoms with Crippen LogP contribution >= 0.6 is 0 Å². The van der Waals surface area contributed by atoms with E-state index in [4.69, 9.17) is 10.8 Å². The lowest BCUT2D eigenvalue weighted by Crippen LogP contribution is -2.52. The second-order valence-corrected chi connectivity index (χ2v) is 4.15. The van der Waals surface area contributed by atoms with Crippen LogP contribution < -0.4 is 5.73 Å². The summed E-state index contributed by atoms with van der Waals surface area (Å²) in [5.41, 5.74) is 4.70. The first-order valence-electron chi connectivity index (χ1n) is 4.82. The van der Waals surface area contributed by atoms with E-state index in [1.807, 2.05) is 0 Å². The van der Waals surface area contributed by atoms with Crippen molar-refractivity contribution in [3.05, 3.63) is 29.6 Å². The molecule has 0 unspecified atom stereocenters. The molecule has 0 saturated heterocycles. The average molecular weight is 232 g/mol. The number of aliphatic hydroxyl groups is 1. The van der Waals surface area contributed by atoms with Crippen LogP contribution in [-0.4, -0.2) is 16.2 Å². The number of pyridine rings is 1. The molecule has 16 heavy (non-hydrogen) atoms. The first kappa shape index (κ1) is 11.3. The Balaban J connectivity index is 2.20. The van der Waals surface area contributed by atoms with Crippen LogP contribution in [0.2, 0.25) is 0 Å². The number of rotatable bonds is 1. The molecule has 1 heterocycles. The average Bonchev–Trinajstić information content (AvgIpc) is 2.14. The zero-order chi connectivity index (χ0) is 12.0. The van der Waals surface area contributed by atoms with Gasteiger partial charge in [0.1, 0.15) is 0 Å². The molecule has 1 aliphatic rings. The maximum Gasteiger partial charge on any atom is 0.417 e. The van der Waals surface area contributed by atoms with Crippen LogP contribution in [0.25, 0.3) is 0 Å². The second-order valence-electron chi connectivity index (χ2n) is 4.15. The SMILES string of the molecule is NC1(c2ccc(C(F)(F)F)cn2)CC(O)C1. The number of hydrogen-bond donors (Lipinski definition) is 2. The molecule has 1 aromatic rings. The van der Waals surface area contributed by atoms with Crippen molar-refractivity contribution in [3.63, 3.8) is 0 Å². The molecule has 1 aromatic heterocycles. The highest BCUT2D eigenvalue weighted by molar-refractivity contribution is 5.24. The smallest absolute Gasteiger partial charge is 0.393 e. The molecule has 0 bridgehead atoms. The zero-order valence-corrected chi connectivity index (χ0v) is 8.33. The summed E-state index contributed by atoms with van der Waals surface area (Å²) in [5, 5.41) is 9.14. The molecule has 0 atom stereocenters. The van der Waals surface area contributed by atoms with Crippen molar-refractivity contribution in [1.29, 1.82) is 0 Å². The first-order chi connectivity index (χ1) is 7.31. The number of nitrogens with two attached hydrogens (primary N) is 1. The van der Waals surface area contributed by atoms with Crippen molar-refractivity contribution in [3.8, 4) is 0 Å². The molecule has 0 spiro atoms. The van der Waals surface area contributed by atoms with Gasteiger partial charge in [0, 0.05) is 6.20 Å². The van der Waals surface area contributed by atoms with Crippen molar-refractivity contribution in [1.82, 2.24) is 4.98 Å². The molecule has 88 valence electrons. The minimum absolute atomic E-state index is 0.339. The molecule has 2 rings (SSSR count). The Bertz CT molecular complexity index is 382. The van der Waals surface area contributed by atoms with Crippen molar-refractivity contribution in [2.45, 2.75) is 30.7 Å². The van der Waals surface area contributed by atoms with Gasteiger partial charge in [0.15, 0.2) is 0 Å². The third kappa shape index (κ3) is 1.90. The number of nitrogens with zero attached hydrogens (tertiary/aromatic N) is 1. The third-order valence-corrected chi connectivity index (χ3v) is 2.80. The van der Waals surface area contributed by atoms with Gasteiger partial charge in [-0.1, -0.05) is 0 Å². The Morgan fingerprint density at radius 1 is 1.38 bits per heavy atom. The zero-order valence-electron chi connectivity index (χ0n) is 8.33. The predicted octanol–water partition coefficient (Wildman–Crippen LogP) is 1.41. The van der Waals surface area contributed by atoms with Gasteiger partial charge in [0.2, 0.25) is 0 Å². The van der Waals surface area contributed by atoms with Gasteiger partial charge in [0.25, 0.3) is 0 Å². The van der Waals surface area contributed by atoms with Crippen LogP contribution in [0, 0.1) is 0 Å². The van der Waals surface area contributed by atoms with E-state index in [-0.39, 0.29) is 0 Å². The molecule has 1 saturated carbocycles. The Kier molecular flexibility index (Phi) is 2.43. The normalized spacial score (nSPS) is 29.9. The van der Waals surface area contributed by atoms with Crippen molar-refractivity contribution < 1.29 is 18.3 Å². The number of alkyl halides is 3. The molecule has 1 aliphatic carbocycles. The van der Waals surface area contributed by atoms with Crippen LogP contribution in [0.3, 0.4) is 0 Å². The molecule has 0 aliphatic heterocycles. The second kappa shape index (κ2) is 3.43. The molecular weight excluding hydrogens is 221 g/mol. The van der Waals surface area contributed by atoms with Gasteiger partial charge in [-0.15, -0.1) is 0 Å². The van der Waals surface area contributed by atoms with E-state index in [1.54, 1.807) is 0 Å². The van der Waals surface area contributed by atoms with E-state index in [9.17, 15) is 13.2 Å². The van der Waals surface area contributed by atoms with Gasteiger partial charge < -0.3 is 10.8 Å². The lowest BCUT2D eigenvalue weighted by Gasteiger charge is -2.41. The minimum atomic E-state index is -4.38. The number of hydrogen-bond acceptors (Lipinski definition) is 3. The van der Waals surface area contributed by atoms with Crippen LogP contribution in [0.1, 0.15) is 24.1 Å². The van der Waals surface area contributed by atoms with Gasteiger partial charge in [0.05, 0.1) is 22.9 Å². The lowest BCUT2D eigenvalue weighted by molar-refractivity contribution is -0.137. The largest absolute Gasteiger partial charge is 0.417 e. The molecule has 1 fully saturated rings. The standard InChI is InChI=1S/C10H11F3N2O/c11-10(12,13)6-1-2-8(15-5-6)9(14)3-7(16)4-9/h1-2,5,7,16H,3-4,14H2. The maximum atomic E-state index is 12.3. The van der Waals surface area contributed by atoms with Crippen molar-refractivity contribution in [2.24, 2.45) is 5.73 Å². The fraction of sp³-hybridized carbons (Fsp3) is 0.500. The summed E-state index contributed by atoms with van der Waals surface area (Å²) in [6, 6.07) is 2.23.